The fourth-order valence-electron chi connectivity index (χ4n) is 1.25. The zero-order valence-corrected chi connectivity index (χ0v) is 10.7. The van der Waals surface area contributed by atoms with Crippen molar-refractivity contribution in [2.75, 3.05) is 13.2 Å². The molecule has 6 heteroatoms. The lowest BCUT2D eigenvalue weighted by molar-refractivity contribution is -0.122. The molecule has 1 atom stereocenters. The number of rotatable bonds is 5. The number of hydrogen-bond acceptors (Lipinski definition) is 4. The predicted octanol–water partition coefficient (Wildman–Crippen LogP) is 1.38. The third-order valence-corrected chi connectivity index (χ3v) is 2.50. The van der Waals surface area contributed by atoms with Crippen LogP contribution < -0.4 is 15.8 Å². The third-order valence-electron chi connectivity index (χ3n) is 2.21. The van der Waals surface area contributed by atoms with Gasteiger partial charge in [-0.05, 0) is 24.6 Å². The molecule has 0 unspecified atom stereocenters. The van der Waals surface area contributed by atoms with Crippen LogP contribution in [0, 0.1) is 11.3 Å². The largest absolute Gasteiger partial charge is 0.482 e. The molecule has 1 aromatic rings. The topological polar surface area (TPSA) is 88.1 Å². The number of benzene rings is 1. The van der Waals surface area contributed by atoms with Crippen LogP contribution >= 0.6 is 11.6 Å². The Labute approximate surface area is 110 Å². The minimum Gasteiger partial charge on any atom is -0.482 e. The summed E-state index contributed by atoms with van der Waals surface area (Å²) in [4.78, 5) is 11.2. The van der Waals surface area contributed by atoms with Gasteiger partial charge in [0.1, 0.15) is 12.3 Å². The molecule has 0 bridgehead atoms. The van der Waals surface area contributed by atoms with Crippen LogP contribution in [0.4, 0.5) is 0 Å². The van der Waals surface area contributed by atoms with Crippen LogP contribution in [0.3, 0.4) is 0 Å². The summed E-state index contributed by atoms with van der Waals surface area (Å²) in [6.07, 6.45) is 0. The highest BCUT2D eigenvalue weighted by Crippen LogP contribution is 2.27. The van der Waals surface area contributed by atoms with Gasteiger partial charge in [-0.15, -0.1) is 0 Å². The standard InChI is InChI=1S/C12H14ClN3O2/c1-8(15)9-2-3-11(10(13)6-9)18-7-12(17)16-5-4-14/h2-3,6,8H,5,7,15H2,1H3,(H,16,17)/t8-/m0/s1. The number of halogens is 1. The van der Waals surface area contributed by atoms with Crippen molar-refractivity contribution >= 4 is 17.5 Å². The highest BCUT2D eigenvalue weighted by Gasteiger charge is 2.08. The lowest BCUT2D eigenvalue weighted by Gasteiger charge is -2.10. The third kappa shape index (κ3) is 4.24. The zero-order valence-electron chi connectivity index (χ0n) is 9.94. The van der Waals surface area contributed by atoms with Crippen molar-refractivity contribution in [3.05, 3.63) is 28.8 Å². The molecule has 0 aromatic heterocycles. The first kappa shape index (κ1) is 14.3. The number of nitriles is 1. The molecule has 0 spiro atoms. The van der Waals surface area contributed by atoms with E-state index in [1.54, 1.807) is 24.3 Å². The maximum absolute atomic E-state index is 11.2. The number of hydrogen-bond donors (Lipinski definition) is 2. The van der Waals surface area contributed by atoms with Gasteiger partial charge in [-0.2, -0.15) is 5.26 Å². The molecule has 0 fully saturated rings. The summed E-state index contributed by atoms with van der Waals surface area (Å²) in [7, 11) is 0. The van der Waals surface area contributed by atoms with Crippen molar-refractivity contribution in [3.63, 3.8) is 0 Å². The smallest absolute Gasteiger partial charge is 0.258 e. The molecule has 0 aliphatic carbocycles. The summed E-state index contributed by atoms with van der Waals surface area (Å²) in [5.74, 6) is 0.0389. The van der Waals surface area contributed by atoms with Crippen LogP contribution in [0.25, 0.3) is 0 Å². The first-order valence-corrected chi connectivity index (χ1v) is 5.74. The van der Waals surface area contributed by atoms with Crippen molar-refractivity contribution in [2.45, 2.75) is 13.0 Å². The van der Waals surface area contributed by atoms with Gasteiger partial charge in [0.05, 0.1) is 11.1 Å². The molecule has 1 aromatic carbocycles. The lowest BCUT2D eigenvalue weighted by atomic mass is 10.1. The summed E-state index contributed by atoms with van der Waals surface area (Å²) < 4.78 is 5.24. The SMILES string of the molecule is C[C@H](N)c1ccc(OCC(=O)NCC#N)c(Cl)c1. The Kier molecular flexibility index (Phi) is 5.43. The van der Waals surface area contributed by atoms with Crippen LogP contribution in [0.1, 0.15) is 18.5 Å². The molecule has 1 rings (SSSR count). The second-order valence-electron chi connectivity index (χ2n) is 3.70. The Morgan fingerprint density at radius 3 is 2.94 bits per heavy atom. The van der Waals surface area contributed by atoms with Gasteiger partial charge >= 0.3 is 0 Å². The van der Waals surface area contributed by atoms with E-state index in [0.717, 1.165) is 5.56 Å². The molecule has 0 saturated heterocycles. The number of ether oxygens (including phenoxy) is 1. The summed E-state index contributed by atoms with van der Waals surface area (Å²) >= 11 is 6.00. The molecule has 0 aliphatic heterocycles. The normalized spacial score (nSPS) is 11.4. The Bertz CT molecular complexity index is 469. The van der Waals surface area contributed by atoms with Gasteiger partial charge in [-0.3, -0.25) is 4.79 Å². The zero-order chi connectivity index (χ0) is 13.5. The van der Waals surface area contributed by atoms with Crippen LogP contribution in [0.5, 0.6) is 5.75 Å². The van der Waals surface area contributed by atoms with Crippen molar-refractivity contribution in [1.82, 2.24) is 5.32 Å². The fraction of sp³-hybridized carbons (Fsp3) is 0.333. The van der Waals surface area contributed by atoms with Crippen LogP contribution in [0.15, 0.2) is 18.2 Å². The molecule has 18 heavy (non-hydrogen) atoms. The van der Waals surface area contributed by atoms with E-state index in [1.807, 2.05) is 6.92 Å². The number of carbonyl (C=O) groups is 1. The van der Waals surface area contributed by atoms with E-state index in [1.165, 1.54) is 0 Å². The monoisotopic (exact) mass is 267 g/mol. The number of nitrogens with two attached hydrogens (primary N) is 1. The van der Waals surface area contributed by atoms with Crippen molar-refractivity contribution < 1.29 is 9.53 Å². The van der Waals surface area contributed by atoms with Gasteiger partial charge < -0.3 is 15.8 Å². The quantitative estimate of drug-likeness (QED) is 0.789. The summed E-state index contributed by atoms with van der Waals surface area (Å²) in [6, 6.07) is 6.84. The highest BCUT2D eigenvalue weighted by atomic mass is 35.5. The van der Waals surface area contributed by atoms with Gasteiger partial charge in [0.25, 0.3) is 5.91 Å². The Morgan fingerprint density at radius 1 is 1.67 bits per heavy atom. The second kappa shape index (κ2) is 6.84. The van der Waals surface area contributed by atoms with Crippen LogP contribution in [-0.4, -0.2) is 19.1 Å². The molecular formula is C12H14ClN3O2. The van der Waals surface area contributed by atoms with Gasteiger partial charge in [0.15, 0.2) is 6.61 Å². The van der Waals surface area contributed by atoms with Gasteiger partial charge in [-0.1, -0.05) is 17.7 Å². The van der Waals surface area contributed by atoms with Crippen LogP contribution in [0.2, 0.25) is 5.02 Å². The van der Waals surface area contributed by atoms with Gasteiger partial charge in [0, 0.05) is 6.04 Å². The van der Waals surface area contributed by atoms with Crippen molar-refractivity contribution in [3.8, 4) is 11.8 Å². The summed E-state index contributed by atoms with van der Waals surface area (Å²) in [5.41, 5.74) is 6.61. The molecule has 0 heterocycles. The number of amides is 1. The van der Waals surface area contributed by atoms with E-state index in [0.29, 0.717) is 10.8 Å². The molecule has 0 aliphatic rings. The van der Waals surface area contributed by atoms with E-state index >= 15 is 0 Å². The van der Waals surface area contributed by atoms with Crippen molar-refractivity contribution in [1.29, 1.82) is 5.26 Å². The maximum Gasteiger partial charge on any atom is 0.258 e. The van der Waals surface area contributed by atoms with Crippen LogP contribution in [-0.2, 0) is 4.79 Å². The van der Waals surface area contributed by atoms with E-state index in [9.17, 15) is 4.79 Å². The first-order chi connectivity index (χ1) is 8.54. The Hall–Kier alpha value is -1.77. The molecule has 3 N–H and O–H groups in total. The number of nitrogens with zero attached hydrogens (tertiary/aromatic N) is 1. The minimum atomic E-state index is -0.371. The Morgan fingerprint density at radius 2 is 2.39 bits per heavy atom. The second-order valence-corrected chi connectivity index (χ2v) is 4.11. The van der Waals surface area contributed by atoms with E-state index in [-0.39, 0.29) is 25.1 Å². The molecule has 0 saturated carbocycles. The molecular weight excluding hydrogens is 254 g/mol. The van der Waals surface area contributed by atoms with E-state index in [2.05, 4.69) is 5.32 Å². The number of carbonyl (C=O) groups excluding carboxylic acids is 1. The summed E-state index contributed by atoms with van der Waals surface area (Å²) in [5, 5.41) is 11.1. The van der Waals surface area contributed by atoms with Gasteiger partial charge in [-0.25, -0.2) is 0 Å². The lowest BCUT2D eigenvalue weighted by Crippen LogP contribution is -2.29. The number of nitrogens with one attached hydrogen (secondary N) is 1. The maximum atomic E-state index is 11.2. The fourth-order valence-corrected chi connectivity index (χ4v) is 1.49. The minimum absolute atomic E-state index is 0.0421. The van der Waals surface area contributed by atoms with E-state index in [4.69, 9.17) is 27.3 Å². The Balaban J connectivity index is 2.58. The average Bonchev–Trinajstić information content (AvgIpc) is 2.34. The highest BCUT2D eigenvalue weighted by molar-refractivity contribution is 6.32. The molecule has 96 valence electrons. The van der Waals surface area contributed by atoms with Crippen molar-refractivity contribution in [2.24, 2.45) is 5.73 Å². The predicted molar refractivity (Wildman–Crippen MR) is 68.2 cm³/mol. The molecule has 1 amide bonds. The van der Waals surface area contributed by atoms with Gasteiger partial charge in [0.2, 0.25) is 0 Å². The first-order valence-electron chi connectivity index (χ1n) is 5.36. The molecule has 0 radical (unpaired) electrons. The summed E-state index contributed by atoms with van der Waals surface area (Å²) in [6.45, 7) is 1.63. The average molecular weight is 268 g/mol. The molecule has 5 nitrogen and oxygen atoms in total. The van der Waals surface area contributed by atoms with E-state index < -0.39 is 0 Å².